The zero-order chi connectivity index (χ0) is 17.2. The summed E-state index contributed by atoms with van der Waals surface area (Å²) in [4.78, 5) is 25.8. The average molecular weight is 338 g/mol. The highest BCUT2D eigenvalue weighted by Crippen LogP contribution is 2.30. The van der Waals surface area contributed by atoms with Crippen LogP contribution in [-0.4, -0.2) is 49.1 Å². The van der Waals surface area contributed by atoms with Crippen molar-refractivity contribution in [2.75, 3.05) is 26.2 Å². The van der Waals surface area contributed by atoms with Crippen LogP contribution in [-0.2, 0) is 0 Å². The molecular weight excluding hydrogens is 320 g/mol. The van der Waals surface area contributed by atoms with Crippen LogP contribution in [0, 0.1) is 0 Å². The van der Waals surface area contributed by atoms with Crippen molar-refractivity contribution >= 4 is 11.8 Å². The van der Waals surface area contributed by atoms with Crippen molar-refractivity contribution < 1.29 is 19.1 Å². The van der Waals surface area contributed by atoms with Gasteiger partial charge in [0.05, 0.1) is 11.1 Å². The smallest absolute Gasteiger partial charge is 0.261 e. The monoisotopic (exact) mass is 338 g/mol. The number of ether oxygens (including phenoxy) is 2. The standard InChI is InChI=1S/C19H18N2O4/c22-18-14-5-1-2-6-15(14)19(23)21(18)10-9-20-11-13-12-24-16-7-3-4-8-17(16)25-13/h1-8,13,20H,9-12H2. The Labute approximate surface area is 145 Å². The summed E-state index contributed by atoms with van der Waals surface area (Å²) in [6, 6.07) is 14.5. The lowest BCUT2D eigenvalue weighted by atomic mass is 10.1. The molecule has 0 spiro atoms. The Bertz CT molecular complexity index is 786. The van der Waals surface area contributed by atoms with Crippen LogP contribution in [0.4, 0.5) is 0 Å². The normalized spacial score (nSPS) is 18.4. The van der Waals surface area contributed by atoms with Gasteiger partial charge in [0.15, 0.2) is 11.5 Å². The van der Waals surface area contributed by atoms with Gasteiger partial charge in [-0.1, -0.05) is 24.3 Å². The lowest BCUT2D eigenvalue weighted by molar-refractivity contribution is 0.0649. The molecule has 0 aromatic heterocycles. The van der Waals surface area contributed by atoms with Gasteiger partial charge in [0.2, 0.25) is 0 Å². The average Bonchev–Trinajstić information content (AvgIpc) is 2.90. The number of para-hydroxylation sites is 2. The van der Waals surface area contributed by atoms with Crippen LogP contribution in [0.15, 0.2) is 48.5 Å². The number of imide groups is 1. The summed E-state index contributed by atoms with van der Waals surface area (Å²) in [6.45, 7) is 1.89. The second kappa shape index (κ2) is 6.57. The molecule has 0 aliphatic carbocycles. The molecule has 2 aromatic rings. The number of benzene rings is 2. The minimum Gasteiger partial charge on any atom is -0.486 e. The van der Waals surface area contributed by atoms with Crippen molar-refractivity contribution in [2.24, 2.45) is 0 Å². The molecule has 128 valence electrons. The van der Waals surface area contributed by atoms with Gasteiger partial charge < -0.3 is 14.8 Å². The molecule has 1 atom stereocenters. The summed E-state index contributed by atoms with van der Waals surface area (Å²) in [5.41, 5.74) is 0.959. The van der Waals surface area contributed by atoms with Gasteiger partial charge in [-0.3, -0.25) is 14.5 Å². The Morgan fingerprint density at radius 3 is 2.32 bits per heavy atom. The van der Waals surface area contributed by atoms with E-state index in [1.165, 1.54) is 4.90 Å². The third-order valence-electron chi connectivity index (χ3n) is 4.33. The highest BCUT2D eigenvalue weighted by molar-refractivity contribution is 6.21. The van der Waals surface area contributed by atoms with Gasteiger partial charge >= 0.3 is 0 Å². The first kappa shape index (κ1) is 15.7. The maximum Gasteiger partial charge on any atom is 0.261 e. The third kappa shape index (κ3) is 2.96. The molecule has 6 nitrogen and oxygen atoms in total. The Hall–Kier alpha value is -2.86. The van der Waals surface area contributed by atoms with Crippen molar-refractivity contribution in [3.63, 3.8) is 0 Å². The number of hydrogen-bond acceptors (Lipinski definition) is 5. The molecule has 25 heavy (non-hydrogen) atoms. The van der Waals surface area contributed by atoms with Crippen LogP contribution >= 0.6 is 0 Å². The van der Waals surface area contributed by atoms with Crippen LogP contribution in [0.25, 0.3) is 0 Å². The molecule has 0 saturated heterocycles. The number of hydrogen-bond donors (Lipinski definition) is 1. The molecule has 0 bridgehead atoms. The first-order valence-corrected chi connectivity index (χ1v) is 8.28. The van der Waals surface area contributed by atoms with Gasteiger partial charge in [0, 0.05) is 19.6 Å². The predicted molar refractivity (Wildman–Crippen MR) is 91.0 cm³/mol. The minimum absolute atomic E-state index is 0.0999. The molecule has 4 rings (SSSR count). The van der Waals surface area contributed by atoms with Gasteiger partial charge in [-0.15, -0.1) is 0 Å². The topological polar surface area (TPSA) is 67.9 Å². The molecule has 0 fully saturated rings. The van der Waals surface area contributed by atoms with Crippen LogP contribution in [0.5, 0.6) is 11.5 Å². The molecule has 2 aromatic carbocycles. The number of nitrogens with zero attached hydrogens (tertiary/aromatic N) is 1. The first-order valence-electron chi connectivity index (χ1n) is 8.28. The highest BCUT2D eigenvalue weighted by atomic mass is 16.6. The van der Waals surface area contributed by atoms with Crippen LogP contribution < -0.4 is 14.8 Å². The number of carbonyl (C=O) groups excluding carboxylic acids is 2. The first-order chi connectivity index (χ1) is 12.2. The van der Waals surface area contributed by atoms with Crippen LogP contribution in [0.3, 0.4) is 0 Å². The van der Waals surface area contributed by atoms with E-state index in [1.54, 1.807) is 24.3 Å². The van der Waals surface area contributed by atoms with E-state index in [-0.39, 0.29) is 17.9 Å². The molecule has 6 heteroatoms. The lowest BCUT2D eigenvalue weighted by Gasteiger charge is -2.26. The lowest BCUT2D eigenvalue weighted by Crippen LogP contribution is -2.42. The van der Waals surface area contributed by atoms with Gasteiger partial charge in [0.25, 0.3) is 11.8 Å². The fraction of sp³-hybridized carbons (Fsp3) is 0.263. The molecule has 2 heterocycles. The molecule has 0 radical (unpaired) electrons. The maximum atomic E-state index is 12.3. The van der Waals surface area contributed by atoms with E-state index in [1.807, 2.05) is 24.3 Å². The van der Waals surface area contributed by atoms with Gasteiger partial charge in [-0.2, -0.15) is 0 Å². The molecule has 1 unspecified atom stereocenters. The maximum absolute atomic E-state index is 12.3. The molecule has 1 N–H and O–H groups in total. The van der Waals surface area contributed by atoms with Gasteiger partial charge in [0.1, 0.15) is 12.7 Å². The quantitative estimate of drug-likeness (QED) is 0.664. The molecule has 0 saturated carbocycles. The highest BCUT2D eigenvalue weighted by Gasteiger charge is 2.34. The van der Waals surface area contributed by atoms with Crippen molar-refractivity contribution in [2.45, 2.75) is 6.10 Å². The summed E-state index contributed by atoms with van der Waals surface area (Å²) < 4.78 is 11.5. The summed E-state index contributed by atoms with van der Waals surface area (Å²) >= 11 is 0. The number of rotatable bonds is 5. The van der Waals surface area contributed by atoms with Gasteiger partial charge in [-0.05, 0) is 24.3 Å². The SMILES string of the molecule is O=C1c2ccccc2C(=O)N1CCNCC1COc2ccccc2O1. The number of amides is 2. The fourth-order valence-electron chi connectivity index (χ4n) is 3.06. The summed E-state index contributed by atoms with van der Waals surface area (Å²) in [6.07, 6.45) is -0.0999. The second-order valence-electron chi connectivity index (χ2n) is 6.01. The summed E-state index contributed by atoms with van der Waals surface area (Å²) in [5.74, 6) is 1.04. The third-order valence-corrected chi connectivity index (χ3v) is 4.33. The Morgan fingerprint density at radius 1 is 0.960 bits per heavy atom. The van der Waals surface area contributed by atoms with E-state index in [2.05, 4.69) is 5.32 Å². The van der Waals surface area contributed by atoms with Crippen LogP contribution in [0.1, 0.15) is 20.7 Å². The summed E-state index contributed by atoms with van der Waals surface area (Å²) in [5, 5.41) is 3.23. The minimum atomic E-state index is -0.228. The summed E-state index contributed by atoms with van der Waals surface area (Å²) in [7, 11) is 0. The van der Waals surface area contributed by atoms with Crippen LogP contribution in [0.2, 0.25) is 0 Å². The van der Waals surface area contributed by atoms with E-state index >= 15 is 0 Å². The van der Waals surface area contributed by atoms with E-state index < -0.39 is 0 Å². The van der Waals surface area contributed by atoms with Crippen molar-refractivity contribution in [3.8, 4) is 11.5 Å². The number of fused-ring (bicyclic) bond motifs is 2. The molecule has 2 aliphatic heterocycles. The molecule has 2 amide bonds. The van der Waals surface area contributed by atoms with E-state index in [0.717, 1.165) is 11.5 Å². The van der Waals surface area contributed by atoms with E-state index in [4.69, 9.17) is 9.47 Å². The Balaban J connectivity index is 1.27. The predicted octanol–water partition coefficient (Wildman–Crippen LogP) is 1.71. The zero-order valence-electron chi connectivity index (χ0n) is 13.6. The Kier molecular flexibility index (Phi) is 4.11. The molecular formula is C19H18N2O4. The van der Waals surface area contributed by atoms with Crippen molar-refractivity contribution in [3.05, 3.63) is 59.7 Å². The van der Waals surface area contributed by atoms with E-state index in [9.17, 15) is 9.59 Å². The number of carbonyl (C=O) groups is 2. The van der Waals surface area contributed by atoms with Gasteiger partial charge in [-0.25, -0.2) is 0 Å². The molecule has 2 aliphatic rings. The number of nitrogens with one attached hydrogen (secondary N) is 1. The fourth-order valence-corrected chi connectivity index (χ4v) is 3.06. The Morgan fingerprint density at radius 2 is 1.60 bits per heavy atom. The van der Waals surface area contributed by atoms with Crippen molar-refractivity contribution in [1.82, 2.24) is 10.2 Å². The van der Waals surface area contributed by atoms with E-state index in [0.29, 0.717) is 37.4 Å². The second-order valence-corrected chi connectivity index (χ2v) is 6.01. The van der Waals surface area contributed by atoms with Crippen molar-refractivity contribution in [1.29, 1.82) is 0 Å². The largest absolute Gasteiger partial charge is 0.486 e. The zero-order valence-corrected chi connectivity index (χ0v) is 13.6.